The second kappa shape index (κ2) is 5.32. The van der Waals surface area contributed by atoms with Gasteiger partial charge in [-0.3, -0.25) is 4.79 Å². The van der Waals surface area contributed by atoms with Crippen molar-refractivity contribution in [3.05, 3.63) is 23.3 Å². The Bertz CT molecular complexity index is 446. The lowest BCUT2D eigenvalue weighted by molar-refractivity contribution is -0.141. The number of aromatic nitrogens is 2. The van der Waals surface area contributed by atoms with E-state index in [2.05, 4.69) is 9.97 Å². The van der Waals surface area contributed by atoms with Crippen LogP contribution in [0.4, 0.5) is 13.2 Å². The zero-order valence-corrected chi connectivity index (χ0v) is 10.4. The van der Waals surface area contributed by atoms with Gasteiger partial charge in [0.25, 0.3) is 0 Å². The van der Waals surface area contributed by atoms with Gasteiger partial charge in [0.15, 0.2) is 0 Å². The lowest BCUT2D eigenvalue weighted by Gasteiger charge is -2.14. The second-order valence-electron chi connectivity index (χ2n) is 3.89. The summed E-state index contributed by atoms with van der Waals surface area (Å²) >= 11 is 0. The molecule has 100 valence electrons. The van der Waals surface area contributed by atoms with E-state index in [9.17, 15) is 18.0 Å². The first-order valence-corrected chi connectivity index (χ1v) is 5.39. The molecule has 0 fully saturated rings. The van der Waals surface area contributed by atoms with Gasteiger partial charge in [0, 0.05) is 19.3 Å². The van der Waals surface area contributed by atoms with E-state index in [1.54, 1.807) is 14.0 Å². The standard InChI is InChI=1S/C11H14F3N3O/c1-4-17(3)10(18)6-9-15-7(2)5-8(16-9)11(12,13)14/h5H,4,6H2,1-3H3. The van der Waals surface area contributed by atoms with Crippen LogP contribution < -0.4 is 0 Å². The van der Waals surface area contributed by atoms with Gasteiger partial charge in [-0.05, 0) is 19.9 Å². The average molecular weight is 261 g/mol. The predicted molar refractivity (Wildman–Crippen MR) is 58.8 cm³/mol. The summed E-state index contributed by atoms with van der Waals surface area (Å²) < 4.78 is 37.6. The number of hydrogen-bond donors (Lipinski definition) is 0. The number of hydrogen-bond acceptors (Lipinski definition) is 3. The Hall–Kier alpha value is -1.66. The quantitative estimate of drug-likeness (QED) is 0.833. The molecule has 1 amide bonds. The molecule has 0 aromatic carbocycles. The van der Waals surface area contributed by atoms with E-state index in [0.29, 0.717) is 6.54 Å². The van der Waals surface area contributed by atoms with Crippen molar-refractivity contribution in [1.82, 2.24) is 14.9 Å². The molecule has 4 nitrogen and oxygen atoms in total. The smallest absolute Gasteiger partial charge is 0.346 e. The summed E-state index contributed by atoms with van der Waals surface area (Å²) in [5.74, 6) is -0.413. The highest BCUT2D eigenvalue weighted by molar-refractivity contribution is 5.77. The van der Waals surface area contributed by atoms with Gasteiger partial charge in [-0.15, -0.1) is 0 Å². The molecule has 1 aromatic rings. The molecule has 0 atom stereocenters. The topological polar surface area (TPSA) is 46.1 Å². The molecule has 18 heavy (non-hydrogen) atoms. The number of nitrogens with zero attached hydrogens (tertiary/aromatic N) is 3. The molecule has 0 saturated carbocycles. The molecule has 0 bridgehead atoms. The molecule has 0 spiro atoms. The molecule has 0 saturated heterocycles. The number of amides is 1. The van der Waals surface area contributed by atoms with E-state index < -0.39 is 11.9 Å². The van der Waals surface area contributed by atoms with Gasteiger partial charge in [-0.1, -0.05) is 0 Å². The number of alkyl halides is 3. The van der Waals surface area contributed by atoms with Crippen molar-refractivity contribution in [2.75, 3.05) is 13.6 Å². The van der Waals surface area contributed by atoms with Crippen LogP contribution in [-0.4, -0.2) is 34.4 Å². The first-order valence-electron chi connectivity index (χ1n) is 5.39. The van der Waals surface area contributed by atoms with E-state index in [1.807, 2.05) is 0 Å². The van der Waals surface area contributed by atoms with Crippen LogP contribution in [-0.2, 0) is 17.4 Å². The van der Waals surface area contributed by atoms with Crippen molar-refractivity contribution in [3.63, 3.8) is 0 Å². The fourth-order valence-corrected chi connectivity index (χ4v) is 1.30. The van der Waals surface area contributed by atoms with Crippen LogP contribution in [0, 0.1) is 6.92 Å². The van der Waals surface area contributed by atoms with E-state index >= 15 is 0 Å². The van der Waals surface area contributed by atoms with Gasteiger partial charge in [0.05, 0.1) is 6.42 Å². The average Bonchev–Trinajstić information content (AvgIpc) is 2.25. The highest BCUT2D eigenvalue weighted by Crippen LogP contribution is 2.27. The van der Waals surface area contributed by atoms with E-state index in [-0.39, 0.29) is 23.8 Å². The summed E-state index contributed by atoms with van der Waals surface area (Å²) in [6, 6.07) is 0.859. The summed E-state index contributed by atoms with van der Waals surface area (Å²) in [7, 11) is 1.57. The van der Waals surface area contributed by atoms with Crippen molar-refractivity contribution in [2.24, 2.45) is 0 Å². The van der Waals surface area contributed by atoms with E-state index in [4.69, 9.17) is 0 Å². The summed E-state index contributed by atoms with van der Waals surface area (Å²) in [6.45, 7) is 3.70. The van der Waals surface area contributed by atoms with Crippen molar-refractivity contribution in [3.8, 4) is 0 Å². The Morgan fingerprint density at radius 3 is 2.50 bits per heavy atom. The molecule has 0 aliphatic rings. The Labute approximate surface area is 103 Å². The summed E-state index contributed by atoms with van der Waals surface area (Å²) in [5.41, 5.74) is -0.823. The number of likely N-dealkylation sites (N-methyl/N-ethyl adjacent to an activating group) is 1. The molecule has 1 rings (SSSR count). The maximum Gasteiger partial charge on any atom is 0.433 e. The Morgan fingerprint density at radius 1 is 1.39 bits per heavy atom. The Kier molecular flexibility index (Phi) is 4.26. The van der Waals surface area contributed by atoms with Gasteiger partial charge < -0.3 is 4.90 Å². The molecule has 1 heterocycles. The molecular weight excluding hydrogens is 247 g/mol. The normalized spacial score (nSPS) is 11.4. The Balaban J connectivity index is 2.97. The predicted octanol–water partition coefficient (Wildman–Crippen LogP) is 1.82. The lowest BCUT2D eigenvalue weighted by Crippen LogP contribution is -2.28. The largest absolute Gasteiger partial charge is 0.433 e. The SMILES string of the molecule is CCN(C)C(=O)Cc1nc(C)cc(C(F)(F)F)n1. The summed E-state index contributed by atoms with van der Waals surface area (Å²) in [5, 5.41) is 0. The maximum absolute atomic E-state index is 12.5. The third-order valence-electron chi connectivity index (χ3n) is 2.40. The molecule has 0 aliphatic carbocycles. The minimum atomic E-state index is -4.53. The van der Waals surface area contributed by atoms with E-state index in [1.165, 1.54) is 11.8 Å². The van der Waals surface area contributed by atoms with Crippen molar-refractivity contribution >= 4 is 5.91 Å². The molecule has 0 radical (unpaired) electrons. The molecule has 0 aliphatic heterocycles. The Morgan fingerprint density at radius 2 is 2.00 bits per heavy atom. The minimum Gasteiger partial charge on any atom is -0.346 e. The van der Waals surface area contributed by atoms with Crippen LogP contribution in [0.5, 0.6) is 0 Å². The third kappa shape index (κ3) is 3.68. The van der Waals surface area contributed by atoms with Gasteiger partial charge in [-0.2, -0.15) is 13.2 Å². The first-order chi connectivity index (χ1) is 8.24. The van der Waals surface area contributed by atoms with E-state index in [0.717, 1.165) is 6.07 Å². The van der Waals surface area contributed by atoms with Gasteiger partial charge in [0.1, 0.15) is 11.5 Å². The van der Waals surface area contributed by atoms with Crippen LogP contribution in [0.3, 0.4) is 0 Å². The second-order valence-corrected chi connectivity index (χ2v) is 3.89. The highest BCUT2D eigenvalue weighted by Gasteiger charge is 2.33. The van der Waals surface area contributed by atoms with Crippen LogP contribution in [0.15, 0.2) is 6.07 Å². The minimum absolute atomic E-state index is 0.104. The number of halogens is 3. The van der Waals surface area contributed by atoms with Crippen LogP contribution in [0.2, 0.25) is 0 Å². The number of carbonyl (C=O) groups is 1. The number of aryl methyl sites for hydroxylation is 1. The lowest BCUT2D eigenvalue weighted by atomic mass is 10.3. The van der Waals surface area contributed by atoms with Crippen LogP contribution in [0.25, 0.3) is 0 Å². The molecule has 0 unspecified atom stereocenters. The highest BCUT2D eigenvalue weighted by atomic mass is 19.4. The molecule has 7 heteroatoms. The number of carbonyl (C=O) groups excluding carboxylic acids is 1. The maximum atomic E-state index is 12.5. The monoisotopic (exact) mass is 261 g/mol. The summed E-state index contributed by atoms with van der Waals surface area (Å²) in [4.78, 5) is 20.2. The third-order valence-corrected chi connectivity index (χ3v) is 2.40. The van der Waals surface area contributed by atoms with Crippen LogP contribution in [0.1, 0.15) is 24.1 Å². The van der Waals surface area contributed by atoms with Gasteiger partial charge >= 0.3 is 6.18 Å². The zero-order chi connectivity index (χ0) is 13.9. The fourth-order valence-electron chi connectivity index (χ4n) is 1.30. The molecular formula is C11H14F3N3O. The van der Waals surface area contributed by atoms with Gasteiger partial charge in [0.2, 0.25) is 5.91 Å². The van der Waals surface area contributed by atoms with Crippen molar-refractivity contribution < 1.29 is 18.0 Å². The van der Waals surface area contributed by atoms with Crippen molar-refractivity contribution in [1.29, 1.82) is 0 Å². The first kappa shape index (κ1) is 14.4. The van der Waals surface area contributed by atoms with Gasteiger partial charge in [-0.25, -0.2) is 9.97 Å². The van der Waals surface area contributed by atoms with Crippen LogP contribution >= 0.6 is 0 Å². The fraction of sp³-hybridized carbons (Fsp3) is 0.545. The summed E-state index contributed by atoms with van der Waals surface area (Å²) in [6.07, 6.45) is -4.75. The number of rotatable bonds is 3. The molecule has 1 aromatic heterocycles. The molecule has 0 N–H and O–H groups in total. The zero-order valence-electron chi connectivity index (χ0n) is 10.4. The van der Waals surface area contributed by atoms with Crippen molar-refractivity contribution in [2.45, 2.75) is 26.4 Å².